The Morgan fingerprint density at radius 1 is 0.800 bits per heavy atom. The molecule has 0 aromatic rings. The Morgan fingerprint density at radius 2 is 1.27 bits per heavy atom. The Morgan fingerprint density at radius 3 is 1.67 bits per heavy atom. The fourth-order valence-electron chi connectivity index (χ4n) is 1.34. The molecular weight excluding hydrogens is 354 g/mol. The average Bonchev–Trinajstić information content (AvgIpc) is 3.10. The van der Waals surface area contributed by atoms with Crippen molar-refractivity contribution in [3.8, 4) is 0 Å². The number of unbranched alkanes of at least 4 members (excludes halogenated alkanes) is 2. The van der Waals surface area contributed by atoms with Gasteiger partial charge in [0.2, 0.25) is 0 Å². The Hall–Kier alpha value is 1.74. The summed E-state index contributed by atoms with van der Waals surface area (Å²) >= 11 is 6.32. The topological polar surface area (TPSA) is 0 Å². The molecule has 0 saturated carbocycles. The van der Waals surface area contributed by atoms with Gasteiger partial charge in [0, 0.05) is 0 Å². The van der Waals surface area contributed by atoms with E-state index in [1.54, 1.807) is 21.3 Å². The van der Waals surface area contributed by atoms with Gasteiger partial charge in [0.25, 0.3) is 0 Å². The molecule has 0 amide bonds. The second-order valence-electron chi connectivity index (χ2n) is 4.12. The molecule has 2 rings (SSSR count). The van der Waals surface area contributed by atoms with Gasteiger partial charge in [0.15, 0.2) is 0 Å². The van der Waals surface area contributed by atoms with Gasteiger partial charge in [-0.05, 0) is 0 Å². The van der Waals surface area contributed by atoms with Gasteiger partial charge in [0.05, 0.1) is 0 Å². The van der Waals surface area contributed by atoms with Gasteiger partial charge in [-0.15, -0.1) is 0 Å². The van der Waals surface area contributed by atoms with Gasteiger partial charge in [-0.25, -0.2) is 0 Å². The molecule has 2 atom stereocenters. The van der Waals surface area contributed by atoms with Gasteiger partial charge in [-0.2, -0.15) is 0 Å². The number of thioether (sulfide) groups is 2. The molecule has 2 heterocycles. The van der Waals surface area contributed by atoms with Crippen molar-refractivity contribution in [2.24, 2.45) is 0 Å². The van der Waals surface area contributed by atoms with Crippen LogP contribution in [0.1, 0.15) is 19.3 Å². The minimum absolute atomic E-state index is 0.990. The molecule has 2 unspecified atom stereocenters. The summed E-state index contributed by atoms with van der Waals surface area (Å²) in [6, 6.07) is 0. The summed E-state index contributed by atoms with van der Waals surface area (Å²) in [7, 11) is 0. The molecule has 0 radical (unpaired) electrons. The van der Waals surface area contributed by atoms with Crippen molar-refractivity contribution in [2.45, 2.75) is 51.0 Å². The molecule has 2 saturated heterocycles. The van der Waals surface area contributed by atoms with Crippen LogP contribution in [-0.2, 0) is 0 Å². The van der Waals surface area contributed by atoms with Gasteiger partial charge >= 0.3 is 116 Å². The summed E-state index contributed by atoms with van der Waals surface area (Å²) in [4.78, 5) is 0. The van der Waals surface area contributed by atoms with Crippen LogP contribution in [-0.4, -0.2) is 51.9 Å². The van der Waals surface area contributed by atoms with Crippen LogP contribution in [0, 0.1) is 0 Å². The van der Waals surface area contributed by atoms with Crippen molar-refractivity contribution in [3.05, 3.63) is 0 Å². The van der Waals surface area contributed by atoms with Crippen molar-refractivity contribution in [3.63, 3.8) is 0 Å². The first-order valence-electron chi connectivity index (χ1n) is 5.84. The molecule has 2 aliphatic rings. The zero-order chi connectivity index (χ0) is 10.3. The number of rotatable bonds is 10. The van der Waals surface area contributed by atoms with E-state index in [0.717, 1.165) is 40.4 Å². The van der Waals surface area contributed by atoms with Crippen molar-refractivity contribution >= 4 is 53.4 Å². The number of hydrogen-bond donors (Lipinski definition) is 0. The molecule has 0 aromatic carbocycles. The predicted octanol–water partition coefficient (Wildman–Crippen LogP) is 3.47. The maximum absolute atomic E-state index is 2.17. The van der Waals surface area contributed by atoms with Crippen molar-refractivity contribution in [1.29, 1.82) is 0 Å². The van der Waals surface area contributed by atoms with E-state index in [2.05, 4.69) is 23.5 Å². The Labute approximate surface area is 115 Å². The third-order valence-electron chi connectivity index (χ3n) is 2.49. The van der Waals surface area contributed by atoms with E-state index >= 15 is 0 Å². The second kappa shape index (κ2) is 7.95. The monoisotopic (exact) mass is 376 g/mol. The summed E-state index contributed by atoms with van der Waals surface area (Å²) in [5, 5.41) is 8.47. The summed E-state index contributed by atoms with van der Waals surface area (Å²) in [6.07, 6.45) is 4.59. The van der Waals surface area contributed by atoms with E-state index in [9.17, 15) is 0 Å². The van der Waals surface area contributed by atoms with Gasteiger partial charge in [0.1, 0.15) is 0 Å². The Balaban J connectivity index is 1.23. The molecule has 15 heavy (non-hydrogen) atoms. The van der Waals surface area contributed by atoms with Crippen LogP contribution < -0.4 is 0 Å². The van der Waals surface area contributed by atoms with E-state index in [1.807, 2.05) is 0 Å². The van der Waals surface area contributed by atoms with E-state index in [1.165, 1.54) is 30.8 Å². The minimum atomic E-state index is 0.990. The molecule has 2 aliphatic heterocycles. The van der Waals surface area contributed by atoms with Crippen molar-refractivity contribution < 1.29 is 0 Å². The van der Waals surface area contributed by atoms with E-state index in [-0.39, 0.29) is 0 Å². The molecule has 0 spiro atoms. The first kappa shape index (κ1) is 13.2. The molecule has 0 nitrogen and oxygen atoms in total. The molecule has 2 fully saturated rings. The van der Waals surface area contributed by atoms with Crippen LogP contribution in [0.5, 0.6) is 0 Å². The molecule has 0 aromatic heterocycles. The van der Waals surface area contributed by atoms with Crippen LogP contribution in [0.15, 0.2) is 0 Å². The maximum atomic E-state index is 2.17. The van der Waals surface area contributed by atoms with Crippen LogP contribution in [0.3, 0.4) is 0 Å². The van der Waals surface area contributed by atoms with Crippen LogP contribution in [0.2, 0.25) is 21.3 Å². The van der Waals surface area contributed by atoms with E-state index in [4.69, 9.17) is 0 Å². The summed E-state index contributed by atoms with van der Waals surface area (Å²) in [5.41, 5.74) is 0. The van der Waals surface area contributed by atoms with Crippen molar-refractivity contribution in [2.75, 3.05) is 11.5 Å². The third kappa shape index (κ3) is 7.62. The van der Waals surface area contributed by atoms with Crippen LogP contribution in [0.4, 0.5) is 0 Å². The van der Waals surface area contributed by atoms with Crippen LogP contribution >= 0.6 is 23.5 Å². The Kier molecular flexibility index (Phi) is 6.98. The third-order valence-corrected chi connectivity index (χ3v) is 10.5. The Bertz CT molecular complexity index is 152. The molecule has 0 aliphatic carbocycles. The molecule has 0 N–H and O–H groups in total. The van der Waals surface area contributed by atoms with Crippen LogP contribution in [0.25, 0.3) is 0 Å². The molecule has 88 valence electrons. The second-order valence-corrected chi connectivity index (χ2v) is 11.6. The summed E-state index contributed by atoms with van der Waals surface area (Å²) in [5.74, 6) is 2.95. The van der Waals surface area contributed by atoms with Crippen molar-refractivity contribution in [1.82, 2.24) is 0 Å². The molecule has 0 bridgehead atoms. The van der Waals surface area contributed by atoms with E-state index in [0.29, 0.717) is 0 Å². The molecule has 4 heteroatoms. The predicted molar refractivity (Wildman–Crippen MR) is 77.1 cm³/mol. The summed E-state index contributed by atoms with van der Waals surface area (Å²) in [6.45, 7) is 0. The number of hydrogen-bond acceptors (Lipinski definition) is 2. The standard InChI is InChI=1S/C11H20S2Se2/c1(2-4-14-8-10-6-12-10)3-5-15-9-11-7-13-11/h10-11H,1-9H2. The average molecular weight is 374 g/mol. The van der Waals surface area contributed by atoms with Gasteiger partial charge in [-0.1, -0.05) is 0 Å². The fraction of sp³-hybridized carbons (Fsp3) is 1.00. The SMILES string of the molecule is C(CC[Se]CC1CS1)CC[Se]CC1CS1. The molecular formula is C11H20S2Se2. The normalized spacial score (nSPS) is 28.0. The fourth-order valence-corrected chi connectivity index (χ4v) is 8.94. The quantitative estimate of drug-likeness (QED) is 0.326. The first-order chi connectivity index (χ1) is 7.45. The van der Waals surface area contributed by atoms with E-state index < -0.39 is 0 Å². The van der Waals surface area contributed by atoms with Gasteiger partial charge < -0.3 is 0 Å². The summed E-state index contributed by atoms with van der Waals surface area (Å²) < 4.78 is 0. The zero-order valence-electron chi connectivity index (χ0n) is 9.15. The van der Waals surface area contributed by atoms with Gasteiger partial charge in [-0.3, -0.25) is 0 Å². The first-order valence-corrected chi connectivity index (χ1v) is 12.8. The zero-order valence-corrected chi connectivity index (χ0v) is 14.2.